The Morgan fingerprint density at radius 2 is 2.00 bits per heavy atom. The molecule has 3 unspecified atom stereocenters. The number of alkyl halides is 3. The zero-order chi connectivity index (χ0) is 19.8. The third-order valence-corrected chi connectivity index (χ3v) is 6.47. The number of para-hydroxylation sites is 2. The molecule has 27 heavy (non-hydrogen) atoms. The molecule has 2 amide bonds. The maximum atomic E-state index is 13.7. The first-order valence-corrected chi connectivity index (χ1v) is 9.86. The molecule has 2 aliphatic rings. The number of nitrogens with one attached hydrogen (secondary N) is 1. The third kappa shape index (κ3) is 4.24. The highest BCUT2D eigenvalue weighted by Gasteiger charge is 2.49. The minimum atomic E-state index is -4.71. The SMILES string of the molecule is CC1SCCN(CC(=O)N2c3ccccc3NC(=O)CC2C(F)(F)F)C1C. The van der Waals surface area contributed by atoms with Crippen molar-refractivity contribution in [1.82, 2.24) is 4.90 Å². The largest absolute Gasteiger partial charge is 0.409 e. The van der Waals surface area contributed by atoms with Crippen molar-refractivity contribution < 1.29 is 22.8 Å². The molecule has 2 heterocycles. The second-order valence-electron chi connectivity index (χ2n) is 6.88. The molecule has 5 nitrogen and oxygen atoms in total. The molecule has 0 radical (unpaired) electrons. The van der Waals surface area contributed by atoms with E-state index in [1.54, 1.807) is 23.9 Å². The standard InChI is InChI=1S/C18H22F3N3O2S/c1-11-12(2)27-8-7-23(11)10-17(26)24-14-6-4-3-5-13(14)22-16(25)9-15(24)18(19,20)21/h3-6,11-12,15H,7-10H2,1-2H3,(H,22,25). The van der Waals surface area contributed by atoms with E-state index in [9.17, 15) is 22.8 Å². The smallest absolute Gasteiger partial charge is 0.324 e. The van der Waals surface area contributed by atoms with Gasteiger partial charge in [-0.15, -0.1) is 0 Å². The van der Waals surface area contributed by atoms with Crippen LogP contribution in [0.2, 0.25) is 0 Å². The summed E-state index contributed by atoms with van der Waals surface area (Å²) in [5.41, 5.74) is 0.306. The summed E-state index contributed by atoms with van der Waals surface area (Å²) >= 11 is 1.79. The first-order chi connectivity index (χ1) is 12.7. The quantitative estimate of drug-likeness (QED) is 0.828. The van der Waals surface area contributed by atoms with Crippen molar-refractivity contribution in [3.63, 3.8) is 0 Å². The van der Waals surface area contributed by atoms with Crippen LogP contribution in [-0.4, -0.2) is 59.1 Å². The first kappa shape index (κ1) is 20.0. The summed E-state index contributed by atoms with van der Waals surface area (Å²) in [6.45, 7) is 4.56. The van der Waals surface area contributed by atoms with Crippen LogP contribution in [-0.2, 0) is 9.59 Å². The minimum Gasteiger partial charge on any atom is -0.324 e. The Labute approximate surface area is 160 Å². The van der Waals surface area contributed by atoms with Gasteiger partial charge in [-0.1, -0.05) is 19.1 Å². The molecule has 0 bridgehead atoms. The van der Waals surface area contributed by atoms with Gasteiger partial charge in [-0.05, 0) is 19.1 Å². The lowest BCUT2D eigenvalue weighted by Gasteiger charge is -2.39. The maximum Gasteiger partial charge on any atom is 0.409 e. The molecule has 0 aliphatic carbocycles. The average Bonchev–Trinajstić information content (AvgIpc) is 2.74. The highest BCUT2D eigenvalue weighted by Crippen LogP contribution is 2.38. The number of fused-ring (bicyclic) bond motifs is 1. The number of thioether (sulfide) groups is 1. The molecule has 3 atom stereocenters. The number of amides is 2. The van der Waals surface area contributed by atoms with Gasteiger partial charge in [0.1, 0.15) is 6.04 Å². The Morgan fingerprint density at radius 1 is 1.30 bits per heavy atom. The molecule has 0 spiro atoms. The van der Waals surface area contributed by atoms with E-state index in [1.165, 1.54) is 12.1 Å². The lowest BCUT2D eigenvalue weighted by Crippen LogP contribution is -2.55. The van der Waals surface area contributed by atoms with Crippen LogP contribution in [0, 0.1) is 0 Å². The van der Waals surface area contributed by atoms with E-state index in [0.29, 0.717) is 11.8 Å². The van der Waals surface area contributed by atoms with E-state index in [2.05, 4.69) is 5.32 Å². The topological polar surface area (TPSA) is 52.7 Å². The van der Waals surface area contributed by atoms with Crippen molar-refractivity contribution in [2.24, 2.45) is 0 Å². The number of rotatable bonds is 2. The van der Waals surface area contributed by atoms with Crippen LogP contribution >= 0.6 is 11.8 Å². The van der Waals surface area contributed by atoms with Crippen molar-refractivity contribution in [1.29, 1.82) is 0 Å². The summed E-state index contributed by atoms with van der Waals surface area (Å²) in [5.74, 6) is -0.568. The van der Waals surface area contributed by atoms with Crippen LogP contribution in [0.3, 0.4) is 0 Å². The molecule has 1 aromatic carbocycles. The molecule has 9 heteroatoms. The summed E-state index contributed by atoms with van der Waals surface area (Å²) in [7, 11) is 0. The Kier molecular flexibility index (Phi) is 5.71. The van der Waals surface area contributed by atoms with E-state index in [0.717, 1.165) is 10.7 Å². The van der Waals surface area contributed by atoms with Gasteiger partial charge in [0.15, 0.2) is 0 Å². The molecule has 0 saturated carbocycles. The van der Waals surface area contributed by atoms with E-state index < -0.39 is 30.5 Å². The molecule has 1 N–H and O–H groups in total. The average molecular weight is 401 g/mol. The van der Waals surface area contributed by atoms with Crippen LogP contribution < -0.4 is 10.2 Å². The lowest BCUT2D eigenvalue weighted by molar-refractivity contribution is -0.158. The van der Waals surface area contributed by atoms with E-state index in [1.807, 2.05) is 18.7 Å². The fourth-order valence-electron chi connectivity index (χ4n) is 3.46. The van der Waals surface area contributed by atoms with Gasteiger partial charge in [0, 0.05) is 23.6 Å². The maximum absolute atomic E-state index is 13.7. The van der Waals surface area contributed by atoms with Crippen LogP contribution in [0.15, 0.2) is 24.3 Å². The summed E-state index contributed by atoms with van der Waals surface area (Å²) in [6, 6.07) is 4.03. The van der Waals surface area contributed by atoms with Gasteiger partial charge in [0.25, 0.3) is 0 Å². The summed E-state index contributed by atoms with van der Waals surface area (Å²) in [5, 5.41) is 2.77. The van der Waals surface area contributed by atoms with Crippen LogP contribution in [0.25, 0.3) is 0 Å². The van der Waals surface area contributed by atoms with Crippen LogP contribution in [0.4, 0.5) is 24.5 Å². The monoisotopic (exact) mass is 401 g/mol. The molecule has 3 rings (SSSR count). The second-order valence-corrected chi connectivity index (χ2v) is 8.36. The number of hydrogen-bond acceptors (Lipinski definition) is 4. The number of carbonyl (C=O) groups is 2. The Balaban J connectivity index is 1.95. The van der Waals surface area contributed by atoms with E-state index >= 15 is 0 Å². The van der Waals surface area contributed by atoms with Gasteiger partial charge in [0.2, 0.25) is 11.8 Å². The van der Waals surface area contributed by atoms with Crippen LogP contribution in [0.1, 0.15) is 20.3 Å². The van der Waals surface area contributed by atoms with Crippen molar-refractivity contribution in [2.75, 3.05) is 29.1 Å². The van der Waals surface area contributed by atoms with E-state index in [4.69, 9.17) is 0 Å². The van der Waals surface area contributed by atoms with Crippen molar-refractivity contribution in [3.8, 4) is 0 Å². The molecular weight excluding hydrogens is 379 g/mol. The molecule has 1 fully saturated rings. The summed E-state index contributed by atoms with van der Waals surface area (Å²) in [4.78, 5) is 27.7. The van der Waals surface area contributed by atoms with Gasteiger partial charge in [-0.2, -0.15) is 24.9 Å². The summed E-state index contributed by atoms with van der Waals surface area (Å²) in [6.07, 6.45) is -5.52. The highest BCUT2D eigenvalue weighted by atomic mass is 32.2. The van der Waals surface area contributed by atoms with Crippen molar-refractivity contribution >= 4 is 35.0 Å². The van der Waals surface area contributed by atoms with Gasteiger partial charge in [-0.25, -0.2) is 0 Å². The molecule has 148 valence electrons. The number of carbonyl (C=O) groups excluding carboxylic acids is 2. The van der Waals surface area contributed by atoms with Gasteiger partial charge in [0.05, 0.1) is 24.3 Å². The highest BCUT2D eigenvalue weighted by molar-refractivity contribution is 8.00. The minimum absolute atomic E-state index is 0.0824. The summed E-state index contributed by atoms with van der Waals surface area (Å²) < 4.78 is 41.2. The Morgan fingerprint density at radius 3 is 2.70 bits per heavy atom. The predicted octanol–water partition coefficient (Wildman–Crippen LogP) is 3.12. The molecular formula is C18H22F3N3O2S. The fraction of sp³-hybridized carbons (Fsp3) is 0.556. The van der Waals surface area contributed by atoms with Gasteiger partial charge >= 0.3 is 6.18 Å². The molecule has 0 aromatic heterocycles. The second kappa shape index (κ2) is 7.71. The predicted molar refractivity (Wildman–Crippen MR) is 100.0 cm³/mol. The number of hydrogen-bond donors (Lipinski definition) is 1. The van der Waals surface area contributed by atoms with Gasteiger partial charge < -0.3 is 5.32 Å². The molecule has 1 saturated heterocycles. The fourth-order valence-corrected chi connectivity index (χ4v) is 4.63. The van der Waals surface area contributed by atoms with Crippen molar-refractivity contribution in [2.45, 2.75) is 43.8 Å². The van der Waals surface area contributed by atoms with Gasteiger partial charge in [-0.3, -0.25) is 19.4 Å². The van der Waals surface area contributed by atoms with Crippen molar-refractivity contribution in [3.05, 3.63) is 24.3 Å². The lowest BCUT2D eigenvalue weighted by atomic mass is 10.1. The first-order valence-electron chi connectivity index (χ1n) is 8.82. The Hall–Kier alpha value is -1.74. The molecule has 2 aliphatic heterocycles. The zero-order valence-electron chi connectivity index (χ0n) is 15.1. The number of anilines is 2. The number of nitrogens with zero attached hydrogens (tertiary/aromatic N) is 2. The van der Waals surface area contributed by atoms with E-state index in [-0.39, 0.29) is 24.0 Å². The Bertz CT molecular complexity index is 728. The number of halogens is 3. The molecule has 1 aromatic rings. The number of benzene rings is 1. The van der Waals surface area contributed by atoms with Crippen LogP contribution in [0.5, 0.6) is 0 Å². The third-order valence-electron chi connectivity index (χ3n) is 5.13. The zero-order valence-corrected chi connectivity index (χ0v) is 15.9. The normalized spacial score (nSPS) is 26.9.